The predicted octanol–water partition coefficient (Wildman–Crippen LogP) is 3.71. The van der Waals surface area contributed by atoms with E-state index in [-0.39, 0.29) is 6.10 Å². The molecular weight excluding hydrogens is 290 g/mol. The van der Waals surface area contributed by atoms with Crippen molar-refractivity contribution >= 4 is 0 Å². The smallest absolute Gasteiger partial charge is 0.122 e. The first kappa shape index (κ1) is 19.8. The van der Waals surface area contributed by atoms with E-state index in [0.717, 1.165) is 49.4 Å². The van der Waals surface area contributed by atoms with E-state index in [1.807, 2.05) is 18.2 Å². The van der Waals surface area contributed by atoms with Crippen LogP contribution >= 0.6 is 0 Å². The first-order chi connectivity index (χ1) is 11.0. The minimum absolute atomic E-state index is 0.264. The summed E-state index contributed by atoms with van der Waals surface area (Å²) in [7, 11) is 3.33. The molecule has 0 aliphatic carbocycles. The maximum Gasteiger partial charge on any atom is 0.122 e. The Kier molecular flexibility index (Phi) is 9.03. The number of methoxy groups -OCH3 is 2. The van der Waals surface area contributed by atoms with Gasteiger partial charge in [-0.25, -0.2) is 0 Å². The minimum atomic E-state index is -0.264. The fourth-order valence-electron chi connectivity index (χ4n) is 2.61. The molecule has 4 nitrogen and oxygen atoms in total. The number of aliphatic hydroxyl groups is 1. The molecule has 1 rings (SSSR count). The summed E-state index contributed by atoms with van der Waals surface area (Å²) < 4.78 is 10.7. The molecule has 0 spiro atoms. The normalized spacial score (nSPS) is 12.7. The lowest BCUT2D eigenvalue weighted by Gasteiger charge is -2.26. The van der Waals surface area contributed by atoms with Gasteiger partial charge < -0.3 is 14.6 Å². The van der Waals surface area contributed by atoms with Crippen molar-refractivity contribution in [3.63, 3.8) is 0 Å². The summed E-state index contributed by atoms with van der Waals surface area (Å²) in [6.07, 6.45) is 2.71. The van der Waals surface area contributed by atoms with Gasteiger partial charge in [-0.3, -0.25) is 4.90 Å². The first-order valence-electron chi connectivity index (χ1n) is 8.60. The van der Waals surface area contributed by atoms with Crippen LogP contribution in [0.5, 0.6) is 11.5 Å². The summed E-state index contributed by atoms with van der Waals surface area (Å²) in [6.45, 7) is 9.05. The monoisotopic (exact) mass is 323 g/mol. The SMILES string of the molecule is CCC[C@H](O)CN(CCC(C)C)Cc1cc(OC)cc(OC)c1. The molecule has 1 aromatic carbocycles. The lowest BCUT2D eigenvalue weighted by atomic mass is 10.1. The molecule has 0 aliphatic heterocycles. The van der Waals surface area contributed by atoms with E-state index in [1.54, 1.807) is 14.2 Å². The lowest BCUT2D eigenvalue weighted by Crippen LogP contribution is -2.33. The highest BCUT2D eigenvalue weighted by Crippen LogP contribution is 2.23. The molecule has 1 aromatic rings. The molecule has 1 atom stereocenters. The zero-order valence-corrected chi connectivity index (χ0v) is 15.3. The number of ether oxygens (including phenoxy) is 2. The molecule has 132 valence electrons. The number of aliphatic hydroxyl groups excluding tert-OH is 1. The van der Waals surface area contributed by atoms with Crippen LogP contribution in [0.1, 0.15) is 45.6 Å². The van der Waals surface area contributed by atoms with Gasteiger partial charge in [-0.15, -0.1) is 0 Å². The standard InChI is InChI=1S/C19H33NO3/c1-6-7-17(21)14-20(9-8-15(2)3)13-16-10-18(22-4)12-19(11-16)23-5/h10-12,15,17,21H,6-9,13-14H2,1-5H3/t17-/m0/s1. The summed E-state index contributed by atoms with van der Waals surface area (Å²) in [5.41, 5.74) is 1.15. The molecule has 0 bridgehead atoms. The quantitative estimate of drug-likeness (QED) is 0.674. The Hall–Kier alpha value is -1.26. The van der Waals surface area contributed by atoms with Crippen molar-refractivity contribution in [2.45, 2.75) is 52.7 Å². The minimum Gasteiger partial charge on any atom is -0.497 e. The Labute approximate surface area is 141 Å². The molecule has 0 aromatic heterocycles. The highest BCUT2D eigenvalue weighted by Gasteiger charge is 2.13. The van der Waals surface area contributed by atoms with E-state index in [4.69, 9.17) is 9.47 Å². The molecule has 0 aliphatic rings. The number of hydrogen-bond acceptors (Lipinski definition) is 4. The fraction of sp³-hybridized carbons (Fsp3) is 0.684. The largest absolute Gasteiger partial charge is 0.497 e. The molecule has 23 heavy (non-hydrogen) atoms. The first-order valence-corrected chi connectivity index (χ1v) is 8.60. The van der Waals surface area contributed by atoms with Crippen LogP contribution in [0.2, 0.25) is 0 Å². The van der Waals surface area contributed by atoms with E-state index >= 15 is 0 Å². The maximum atomic E-state index is 10.2. The van der Waals surface area contributed by atoms with Crippen molar-refractivity contribution in [3.8, 4) is 11.5 Å². The third-order valence-corrected chi connectivity index (χ3v) is 3.93. The van der Waals surface area contributed by atoms with Crippen LogP contribution in [-0.2, 0) is 6.54 Å². The van der Waals surface area contributed by atoms with E-state index in [1.165, 1.54) is 0 Å². The van der Waals surface area contributed by atoms with Crippen molar-refractivity contribution in [2.75, 3.05) is 27.3 Å². The van der Waals surface area contributed by atoms with E-state index in [2.05, 4.69) is 25.7 Å². The Morgan fingerprint density at radius 3 is 2.13 bits per heavy atom. The summed E-state index contributed by atoms with van der Waals surface area (Å²) in [5, 5.41) is 10.2. The van der Waals surface area contributed by atoms with E-state index < -0.39 is 0 Å². The molecule has 0 unspecified atom stereocenters. The van der Waals surface area contributed by atoms with Crippen molar-refractivity contribution in [2.24, 2.45) is 5.92 Å². The highest BCUT2D eigenvalue weighted by atomic mass is 16.5. The van der Waals surface area contributed by atoms with Crippen molar-refractivity contribution in [1.29, 1.82) is 0 Å². The van der Waals surface area contributed by atoms with Crippen LogP contribution in [0.4, 0.5) is 0 Å². The molecule has 0 saturated heterocycles. The Balaban J connectivity index is 2.81. The topological polar surface area (TPSA) is 41.9 Å². The number of rotatable bonds is 11. The second kappa shape index (κ2) is 10.5. The Morgan fingerprint density at radius 2 is 1.65 bits per heavy atom. The average molecular weight is 323 g/mol. The molecular formula is C19H33NO3. The molecule has 0 radical (unpaired) electrons. The van der Waals surface area contributed by atoms with Crippen LogP contribution in [-0.4, -0.2) is 43.4 Å². The fourth-order valence-corrected chi connectivity index (χ4v) is 2.61. The average Bonchev–Trinajstić information content (AvgIpc) is 2.52. The van der Waals surface area contributed by atoms with Crippen LogP contribution in [0.25, 0.3) is 0 Å². The number of nitrogens with zero attached hydrogens (tertiary/aromatic N) is 1. The predicted molar refractivity (Wildman–Crippen MR) is 95.2 cm³/mol. The van der Waals surface area contributed by atoms with Gasteiger partial charge in [-0.1, -0.05) is 27.2 Å². The van der Waals surface area contributed by atoms with Crippen molar-refractivity contribution in [1.82, 2.24) is 4.90 Å². The van der Waals surface area contributed by atoms with Crippen molar-refractivity contribution in [3.05, 3.63) is 23.8 Å². The van der Waals surface area contributed by atoms with Crippen molar-refractivity contribution < 1.29 is 14.6 Å². The van der Waals surface area contributed by atoms with Gasteiger partial charge in [0.1, 0.15) is 11.5 Å². The van der Waals surface area contributed by atoms with Gasteiger partial charge >= 0.3 is 0 Å². The van der Waals surface area contributed by atoms with Gasteiger partial charge in [0, 0.05) is 19.2 Å². The van der Waals surface area contributed by atoms with Gasteiger partial charge in [0.15, 0.2) is 0 Å². The molecule has 0 fully saturated rings. The third-order valence-electron chi connectivity index (χ3n) is 3.93. The van der Waals surface area contributed by atoms with Crippen LogP contribution in [0.3, 0.4) is 0 Å². The second-order valence-corrected chi connectivity index (χ2v) is 6.58. The summed E-state index contributed by atoms with van der Waals surface area (Å²) in [4.78, 5) is 2.33. The van der Waals surface area contributed by atoms with Crippen LogP contribution < -0.4 is 9.47 Å². The molecule has 0 saturated carbocycles. The maximum absolute atomic E-state index is 10.2. The van der Waals surface area contributed by atoms with Gasteiger partial charge in [-0.2, -0.15) is 0 Å². The molecule has 0 amide bonds. The third kappa shape index (κ3) is 7.71. The number of benzene rings is 1. The summed E-state index contributed by atoms with van der Waals surface area (Å²) in [6, 6.07) is 5.96. The van der Waals surface area contributed by atoms with E-state index in [0.29, 0.717) is 12.5 Å². The molecule has 1 N–H and O–H groups in total. The summed E-state index contributed by atoms with van der Waals surface area (Å²) >= 11 is 0. The zero-order valence-electron chi connectivity index (χ0n) is 15.3. The Bertz CT molecular complexity index is 426. The lowest BCUT2D eigenvalue weighted by molar-refractivity contribution is 0.0980. The van der Waals surface area contributed by atoms with Gasteiger partial charge in [0.05, 0.1) is 20.3 Å². The highest BCUT2D eigenvalue weighted by molar-refractivity contribution is 5.38. The van der Waals surface area contributed by atoms with E-state index in [9.17, 15) is 5.11 Å². The zero-order chi connectivity index (χ0) is 17.2. The molecule has 0 heterocycles. The number of hydrogen-bond donors (Lipinski definition) is 1. The van der Waals surface area contributed by atoms with Gasteiger partial charge in [0.25, 0.3) is 0 Å². The van der Waals surface area contributed by atoms with Crippen LogP contribution in [0.15, 0.2) is 18.2 Å². The Morgan fingerprint density at radius 1 is 1.04 bits per heavy atom. The second-order valence-electron chi connectivity index (χ2n) is 6.58. The van der Waals surface area contributed by atoms with Gasteiger partial charge in [0.2, 0.25) is 0 Å². The summed E-state index contributed by atoms with van der Waals surface area (Å²) in [5.74, 6) is 2.26. The molecule has 4 heteroatoms. The van der Waals surface area contributed by atoms with Crippen LogP contribution in [0, 0.1) is 5.92 Å². The van der Waals surface area contributed by atoms with Gasteiger partial charge in [-0.05, 0) is 43.0 Å².